The Morgan fingerprint density at radius 2 is 2.10 bits per heavy atom. The van der Waals surface area contributed by atoms with Crippen molar-refractivity contribution < 1.29 is 0 Å². The van der Waals surface area contributed by atoms with Crippen LogP contribution < -0.4 is 11.1 Å². The average molecular weight is 285 g/mol. The van der Waals surface area contributed by atoms with Crippen LogP contribution in [-0.2, 0) is 6.42 Å². The van der Waals surface area contributed by atoms with Crippen molar-refractivity contribution in [1.29, 1.82) is 0 Å². The number of nitrogens with zero attached hydrogens (tertiary/aromatic N) is 2. The number of nitrogens with one attached hydrogen (secondary N) is 2. The number of nitrogen functional groups attached to an aromatic ring is 1. The van der Waals surface area contributed by atoms with Crippen LogP contribution in [0.4, 0.5) is 10.8 Å². The Kier molecular flexibility index (Phi) is 3.64. The van der Waals surface area contributed by atoms with Crippen LogP contribution >= 0.6 is 11.5 Å². The first-order valence-corrected chi connectivity index (χ1v) is 7.13. The molecule has 0 radical (unpaired) electrons. The molecule has 0 aliphatic rings. The zero-order valence-corrected chi connectivity index (χ0v) is 11.7. The number of benzene rings is 1. The quantitative estimate of drug-likeness (QED) is 0.673. The van der Waals surface area contributed by atoms with E-state index >= 15 is 0 Å². The number of aromatic amines is 1. The summed E-state index contributed by atoms with van der Waals surface area (Å²) in [5.41, 5.74) is 9.16. The van der Waals surface area contributed by atoms with E-state index in [0.717, 1.165) is 34.8 Å². The molecule has 0 unspecified atom stereocenters. The zero-order valence-electron chi connectivity index (χ0n) is 10.8. The second kappa shape index (κ2) is 5.75. The van der Waals surface area contributed by atoms with Crippen LogP contribution in [0.1, 0.15) is 5.69 Å². The number of nitrogens with two attached hydrogens (primary N) is 1. The Bertz CT molecular complexity index is 660. The molecule has 1 aromatic carbocycles. The van der Waals surface area contributed by atoms with E-state index in [0.29, 0.717) is 5.82 Å². The fourth-order valence-electron chi connectivity index (χ4n) is 2.04. The number of H-pyrrole nitrogens is 1. The van der Waals surface area contributed by atoms with Gasteiger partial charge in [-0.3, -0.25) is 0 Å². The van der Waals surface area contributed by atoms with Crippen LogP contribution in [0.2, 0.25) is 0 Å². The molecule has 3 aromatic rings. The van der Waals surface area contributed by atoms with E-state index in [1.807, 2.05) is 36.5 Å². The second-order valence-electron chi connectivity index (χ2n) is 4.39. The van der Waals surface area contributed by atoms with Crippen molar-refractivity contribution in [3.8, 4) is 11.1 Å². The van der Waals surface area contributed by atoms with Crippen molar-refractivity contribution in [1.82, 2.24) is 14.3 Å². The lowest BCUT2D eigenvalue weighted by Crippen LogP contribution is -2.04. The van der Waals surface area contributed by atoms with E-state index in [9.17, 15) is 0 Å². The lowest BCUT2D eigenvalue weighted by atomic mass is 10.1. The number of aromatic nitrogens is 3. The van der Waals surface area contributed by atoms with Gasteiger partial charge in [0.2, 0.25) is 0 Å². The molecule has 4 N–H and O–H groups in total. The fourth-order valence-corrected chi connectivity index (χ4v) is 2.80. The summed E-state index contributed by atoms with van der Waals surface area (Å²) in [7, 11) is 0. The standard InChI is InChI=1S/C14H15N5S/c15-13-12(10-4-2-1-3-5-10)14(20-19-13)17-7-6-11-8-16-9-18-11/h1-5,8-9,17H,6-7H2,(H2,15,19)(H,16,18). The van der Waals surface area contributed by atoms with Gasteiger partial charge in [0.15, 0.2) is 0 Å². The summed E-state index contributed by atoms with van der Waals surface area (Å²) < 4.78 is 4.25. The van der Waals surface area contributed by atoms with Crippen LogP contribution in [-0.4, -0.2) is 20.9 Å². The summed E-state index contributed by atoms with van der Waals surface area (Å²) in [6.07, 6.45) is 4.41. The SMILES string of the molecule is Nc1nsc(NCCc2cnc[nH]2)c1-c1ccccc1. The lowest BCUT2D eigenvalue weighted by Gasteiger charge is -2.06. The monoisotopic (exact) mass is 285 g/mol. The van der Waals surface area contributed by atoms with Gasteiger partial charge in [-0.25, -0.2) is 4.98 Å². The van der Waals surface area contributed by atoms with E-state index in [2.05, 4.69) is 19.7 Å². The van der Waals surface area contributed by atoms with Crippen LogP contribution in [0.25, 0.3) is 11.1 Å². The molecule has 0 spiro atoms. The molecule has 0 bridgehead atoms. The zero-order chi connectivity index (χ0) is 13.8. The fraction of sp³-hybridized carbons (Fsp3) is 0.143. The highest BCUT2D eigenvalue weighted by molar-refractivity contribution is 7.11. The van der Waals surface area contributed by atoms with Crippen LogP contribution in [0.5, 0.6) is 0 Å². The predicted molar refractivity (Wildman–Crippen MR) is 82.7 cm³/mol. The summed E-state index contributed by atoms with van der Waals surface area (Å²) in [5, 5.41) is 4.41. The molecular weight excluding hydrogens is 270 g/mol. The highest BCUT2D eigenvalue weighted by atomic mass is 32.1. The molecule has 0 fully saturated rings. The van der Waals surface area contributed by atoms with E-state index in [-0.39, 0.29) is 0 Å². The van der Waals surface area contributed by atoms with E-state index in [1.54, 1.807) is 6.33 Å². The molecular formula is C14H15N5S. The van der Waals surface area contributed by atoms with Gasteiger partial charge in [-0.05, 0) is 17.1 Å². The molecule has 20 heavy (non-hydrogen) atoms. The molecule has 0 saturated carbocycles. The first kappa shape index (κ1) is 12.7. The Morgan fingerprint density at radius 3 is 2.85 bits per heavy atom. The summed E-state index contributed by atoms with van der Waals surface area (Å²) in [6, 6.07) is 10.1. The van der Waals surface area contributed by atoms with E-state index in [1.165, 1.54) is 11.5 Å². The molecule has 3 rings (SSSR count). The summed E-state index contributed by atoms with van der Waals surface area (Å²) in [4.78, 5) is 7.09. The molecule has 0 saturated heterocycles. The van der Waals surface area contributed by atoms with Gasteiger partial charge >= 0.3 is 0 Å². The van der Waals surface area contributed by atoms with Gasteiger partial charge in [-0.15, -0.1) is 0 Å². The van der Waals surface area contributed by atoms with E-state index < -0.39 is 0 Å². The predicted octanol–water partition coefficient (Wildman–Crippen LogP) is 2.77. The Morgan fingerprint density at radius 1 is 1.25 bits per heavy atom. The minimum Gasteiger partial charge on any atom is -0.382 e. The minimum atomic E-state index is 0.574. The van der Waals surface area contributed by atoms with Gasteiger partial charge in [-0.1, -0.05) is 30.3 Å². The van der Waals surface area contributed by atoms with Crippen LogP contribution in [0, 0.1) is 0 Å². The maximum absolute atomic E-state index is 5.98. The number of rotatable bonds is 5. The number of imidazole rings is 1. The number of hydrogen-bond donors (Lipinski definition) is 3. The van der Waals surface area contributed by atoms with Gasteiger partial charge in [0.05, 0.1) is 11.9 Å². The molecule has 0 aliphatic carbocycles. The van der Waals surface area contributed by atoms with Gasteiger partial charge < -0.3 is 16.0 Å². The first-order valence-electron chi connectivity index (χ1n) is 6.36. The topological polar surface area (TPSA) is 79.6 Å². The van der Waals surface area contributed by atoms with Crippen molar-refractivity contribution in [2.45, 2.75) is 6.42 Å². The third-order valence-corrected chi connectivity index (χ3v) is 3.83. The maximum atomic E-state index is 5.98. The van der Waals surface area contributed by atoms with Gasteiger partial charge in [-0.2, -0.15) is 4.37 Å². The molecule has 0 atom stereocenters. The molecule has 2 heterocycles. The van der Waals surface area contributed by atoms with E-state index in [4.69, 9.17) is 5.73 Å². The maximum Gasteiger partial charge on any atom is 0.147 e. The molecule has 6 heteroatoms. The third-order valence-electron chi connectivity index (χ3n) is 3.02. The van der Waals surface area contributed by atoms with Gasteiger partial charge in [0.1, 0.15) is 10.8 Å². The van der Waals surface area contributed by atoms with Crippen molar-refractivity contribution in [2.75, 3.05) is 17.6 Å². The molecule has 2 aromatic heterocycles. The smallest absolute Gasteiger partial charge is 0.147 e. The number of anilines is 2. The summed E-state index contributed by atoms with van der Waals surface area (Å²) in [5.74, 6) is 0.574. The average Bonchev–Trinajstić information content (AvgIpc) is 3.10. The minimum absolute atomic E-state index is 0.574. The van der Waals surface area contributed by atoms with Crippen molar-refractivity contribution in [3.63, 3.8) is 0 Å². The van der Waals surface area contributed by atoms with Gasteiger partial charge in [0.25, 0.3) is 0 Å². The second-order valence-corrected chi connectivity index (χ2v) is 5.16. The van der Waals surface area contributed by atoms with Gasteiger partial charge in [0, 0.05) is 24.9 Å². The molecule has 0 aliphatic heterocycles. The summed E-state index contributed by atoms with van der Waals surface area (Å²) >= 11 is 1.40. The highest BCUT2D eigenvalue weighted by Gasteiger charge is 2.12. The normalized spacial score (nSPS) is 10.6. The third kappa shape index (κ3) is 2.65. The lowest BCUT2D eigenvalue weighted by molar-refractivity contribution is 0.981. The Balaban J connectivity index is 1.74. The largest absolute Gasteiger partial charge is 0.382 e. The number of hydrogen-bond acceptors (Lipinski definition) is 5. The van der Waals surface area contributed by atoms with Crippen molar-refractivity contribution in [3.05, 3.63) is 48.5 Å². The van der Waals surface area contributed by atoms with Crippen LogP contribution in [0.15, 0.2) is 42.9 Å². The highest BCUT2D eigenvalue weighted by Crippen LogP contribution is 2.36. The first-order chi connectivity index (χ1) is 9.84. The van der Waals surface area contributed by atoms with Crippen molar-refractivity contribution in [2.24, 2.45) is 0 Å². The Labute approximate surface area is 121 Å². The van der Waals surface area contributed by atoms with Crippen LogP contribution in [0.3, 0.4) is 0 Å². The Hall–Kier alpha value is -2.34. The molecule has 5 nitrogen and oxygen atoms in total. The van der Waals surface area contributed by atoms with Crippen molar-refractivity contribution >= 4 is 22.4 Å². The summed E-state index contributed by atoms with van der Waals surface area (Å²) in [6.45, 7) is 0.809. The molecule has 102 valence electrons. The molecule has 0 amide bonds.